The second-order valence-corrected chi connectivity index (χ2v) is 9.12. The molecule has 1 saturated carbocycles. The first-order valence-corrected chi connectivity index (χ1v) is 10.5. The average molecular weight is 395 g/mol. The highest BCUT2D eigenvalue weighted by atomic mass is 16.3. The van der Waals surface area contributed by atoms with Crippen molar-refractivity contribution in [3.8, 4) is 11.1 Å². The number of amidine groups is 1. The third kappa shape index (κ3) is 2.83. The first-order chi connectivity index (χ1) is 13.8. The predicted octanol–water partition coefficient (Wildman–Crippen LogP) is 1.95. The number of anilines is 1. The molecule has 0 bridgehead atoms. The molecule has 154 valence electrons. The Morgan fingerprint density at radius 2 is 2.14 bits per heavy atom. The smallest absolute Gasteiger partial charge is 0.110 e. The van der Waals surface area contributed by atoms with Crippen LogP contribution in [0.4, 0.5) is 5.69 Å². The summed E-state index contributed by atoms with van der Waals surface area (Å²) in [6.07, 6.45) is 7.14. The molecule has 2 fully saturated rings. The summed E-state index contributed by atoms with van der Waals surface area (Å²) in [4.78, 5) is 4.23. The van der Waals surface area contributed by atoms with Crippen LogP contribution in [-0.2, 0) is 13.5 Å². The quantitative estimate of drug-likeness (QED) is 0.546. The first-order valence-electron chi connectivity index (χ1n) is 10.5. The van der Waals surface area contributed by atoms with Gasteiger partial charge in [-0.25, -0.2) is 0 Å². The van der Waals surface area contributed by atoms with E-state index in [1.165, 1.54) is 11.1 Å². The Morgan fingerprint density at radius 3 is 2.86 bits per heavy atom. The number of likely N-dealkylation sites (tertiary alicyclic amines) is 1. The van der Waals surface area contributed by atoms with Crippen LogP contribution in [0, 0.1) is 10.8 Å². The number of aliphatic hydroxyl groups is 1. The maximum atomic E-state index is 10.1. The van der Waals surface area contributed by atoms with Gasteiger partial charge in [0.1, 0.15) is 12.1 Å². The van der Waals surface area contributed by atoms with Crippen LogP contribution in [0.25, 0.3) is 11.1 Å². The van der Waals surface area contributed by atoms with Crippen molar-refractivity contribution in [2.75, 3.05) is 24.5 Å². The number of fused-ring (bicyclic) bond motifs is 2. The molecule has 3 aliphatic rings. The standard InChI is InChI=1S/C22H30N6O/c1-15(29)27-9-7-22(24)13-21(22,14-27)20(23)28-8-3-4-17-10-16(5-6-19(17)28)18-11-25-26(2)12-18/h5-6,10-12,15,23,29H,3-4,7-9,13-14,24H2,1-2H3. The zero-order valence-electron chi connectivity index (χ0n) is 17.2. The predicted molar refractivity (Wildman–Crippen MR) is 114 cm³/mol. The highest BCUT2D eigenvalue weighted by molar-refractivity contribution is 6.04. The molecular formula is C22H30N6O. The van der Waals surface area contributed by atoms with Gasteiger partial charge in [0.05, 0.1) is 11.6 Å². The van der Waals surface area contributed by atoms with Crippen molar-refractivity contribution in [3.63, 3.8) is 0 Å². The molecule has 7 nitrogen and oxygen atoms in total. The second kappa shape index (κ2) is 6.39. The largest absolute Gasteiger partial charge is 0.379 e. The van der Waals surface area contributed by atoms with E-state index in [-0.39, 0.29) is 11.0 Å². The van der Waals surface area contributed by atoms with E-state index in [0.717, 1.165) is 50.0 Å². The molecule has 2 aliphatic heterocycles. The van der Waals surface area contributed by atoms with Gasteiger partial charge >= 0.3 is 0 Å². The van der Waals surface area contributed by atoms with Crippen LogP contribution in [0.2, 0.25) is 0 Å². The number of rotatable bonds is 3. The summed E-state index contributed by atoms with van der Waals surface area (Å²) in [5.74, 6) is 0.625. The number of nitrogens with zero attached hydrogens (tertiary/aromatic N) is 4. The molecule has 1 saturated heterocycles. The van der Waals surface area contributed by atoms with Crippen molar-refractivity contribution in [1.29, 1.82) is 5.41 Å². The van der Waals surface area contributed by atoms with Gasteiger partial charge in [-0.15, -0.1) is 0 Å². The number of benzene rings is 1. The molecule has 29 heavy (non-hydrogen) atoms. The molecule has 3 heterocycles. The molecular weight excluding hydrogens is 364 g/mol. The Balaban J connectivity index is 1.45. The number of hydrogen-bond donors (Lipinski definition) is 3. The Labute approximate surface area is 171 Å². The van der Waals surface area contributed by atoms with E-state index in [1.54, 1.807) is 6.92 Å². The molecule has 2 aromatic rings. The number of aryl methyl sites for hydroxylation is 2. The summed E-state index contributed by atoms with van der Waals surface area (Å²) in [7, 11) is 1.93. The van der Waals surface area contributed by atoms with Crippen LogP contribution < -0.4 is 10.6 Å². The average Bonchev–Trinajstić information content (AvgIpc) is 3.13. The highest BCUT2D eigenvalue weighted by Crippen LogP contribution is 2.61. The van der Waals surface area contributed by atoms with Crippen LogP contribution in [0.15, 0.2) is 30.6 Å². The third-order valence-corrected chi connectivity index (χ3v) is 7.25. The molecule has 0 spiro atoms. The van der Waals surface area contributed by atoms with E-state index in [4.69, 9.17) is 11.1 Å². The minimum atomic E-state index is -0.500. The van der Waals surface area contributed by atoms with Crippen LogP contribution in [0.5, 0.6) is 0 Å². The Hall–Kier alpha value is -2.22. The van der Waals surface area contributed by atoms with E-state index < -0.39 is 6.23 Å². The topological polar surface area (TPSA) is 94.4 Å². The lowest BCUT2D eigenvalue weighted by molar-refractivity contribution is -0.00513. The van der Waals surface area contributed by atoms with Crippen molar-refractivity contribution in [2.45, 2.75) is 44.4 Å². The van der Waals surface area contributed by atoms with Gasteiger partial charge in [-0.3, -0.25) is 15.0 Å². The zero-order valence-corrected chi connectivity index (χ0v) is 17.2. The Bertz CT molecular complexity index is 968. The summed E-state index contributed by atoms with van der Waals surface area (Å²) >= 11 is 0. The van der Waals surface area contributed by atoms with Gasteiger partial charge in [0.15, 0.2) is 0 Å². The number of aliphatic hydroxyl groups excluding tert-OH is 1. The monoisotopic (exact) mass is 394 g/mol. The maximum absolute atomic E-state index is 10.1. The van der Waals surface area contributed by atoms with Crippen LogP contribution in [-0.4, -0.2) is 57.0 Å². The zero-order chi connectivity index (χ0) is 20.4. The van der Waals surface area contributed by atoms with Crippen LogP contribution >= 0.6 is 0 Å². The minimum Gasteiger partial charge on any atom is -0.379 e. The molecule has 5 rings (SSSR count). The second-order valence-electron chi connectivity index (χ2n) is 9.12. The highest BCUT2D eigenvalue weighted by Gasteiger charge is 2.70. The number of aromatic nitrogens is 2. The van der Waals surface area contributed by atoms with Crippen molar-refractivity contribution in [3.05, 3.63) is 36.2 Å². The molecule has 4 N–H and O–H groups in total. The lowest BCUT2D eigenvalue weighted by Crippen LogP contribution is -2.56. The molecule has 3 unspecified atom stereocenters. The van der Waals surface area contributed by atoms with Gasteiger partial charge in [-0.05, 0) is 55.9 Å². The molecule has 7 heteroatoms. The van der Waals surface area contributed by atoms with Gasteiger partial charge in [0.25, 0.3) is 0 Å². The summed E-state index contributed by atoms with van der Waals surface area (Å²) < 4.78 is 1.82. The SMILES string of the molecule is CC(O)N1CCC2(N)CC2(C(=N)N2CCCc3cc(-c4cnn(C)c4)ccc32)C1. The van der Waals surface area contributed by atoms with Gasteiger partial charge in [0.2, 0.25) is 0 Å². The molecule has 0 radical (unpaired) electrons. The number of piperidine rings is 1. The molecule has 0 amide bonds. The van der Waals surface area contributed by atoms with Crippen molar-refractivity contribution < 1.29 is 5.11 Å². The van der Waals surface area contributed by atoms with Crippen LogP contribution in [0.1, 0.15) is 31.7 Å². The van der Waals surface area contributed by atoms with Crippen LogP contribution in [0.3, 0.4) is 0 Å². The van der Waals surface area contributed by atoms with E-state index in [2.05, 4.69) is 33.1 Å². The Kier molecular flexibility index (Phi) is 4.14. The fourth-order valence-electron chi connectivity index (χ4n) is 5.36. The molecule has 1 aliphatic carbocycles. The van der Waals surface area contributed by atoms with Crippen molar-refractivity contribution in [1.82, 2.24) is 14.7 Å². The van der Waals surface area contributed by atoms with Gasteiger partial charge in [0, 0.05) is 49.7 Å². The molecule has 1 aromatic carbocycles. The molecule has 1 aromatic heterocycles. The number of hydrogen-bond acceptors (Lipinski definition) is 5. The molecule has 3 atom stereocenters. The number of nitrogens with one attached hydrogen (secondary N) is 1. The van der Waals surface area contributed by atoms with E-state index in [9.17, 15) is 5.11 Å². The third-order valence-electron chi connectivity index (χ3n) is 7.25. The minimum absolute atomic E-state index is 0.303. The van der Waals surface area contributed by atoms with E-state index in [1.807, 2.05) is 24.1 Å². The van der Waals surface area contributed by atoms with Crippen molar-refractivity contribution >= 4 is 11.5 Å². The van der Waals surface area contributed by atoms with E-state index >= 15 is 0 Å². The summed E-state index contributed by atoms with van der Waals surface area (Å²) in [5, 5.41) is 23.5. The first kappa shape index (κ1) is 18.8. The van der Waals surface area contributed by atoms with Crippen molar-refractivity contribution in [2.24, 2.45) is 18.2 Å². The van der Waals surface area contributed by atoms with Gasteiger partial charge in [-0.1, -0.05) is 6.07 Å². The van der Waals surface area contributed by atoms with Gasteiger partial charge < -0.3 is 15.7 Å². The summed E-state index contributed by atoms with van der Waals surface area (Å²) in [5.41, 5.74) is 10.7. The summed E-state index contributed by atoms with van der Waals surface area (Å²) in [6, 6.07) is 6.53. The fraction of sp³-hybridized carbons (Fsp3) is 0.545. The lowest BCUT2D eigenvalue weighted by Gasteiger charge is -2.42. The summed E-state index contributed by atoms with van der Waals surface area (Å²) in [6.45, 7) is 4.12. The normalized spacial score (nSPS) is 29.9. The van der Waals surface area contributed by atoms with E-state index in [0.29, 0.717) is 12.4 Å². The lowest BCUT2D eigenvalue weighted by atomic mass is 9.88. The number of nitrogens with two attached hydrogens (primary N) is 1. The Morgan fingerprint density at radius 1 is 1.31 bits per heavy atom. The fourth-order valence-corrected chi connectivity index (χ4v) is 5.36. The van der Waals surface area contributed by atoms with Gasteiger partial charge in [-0.2, -0.15) is 5.10 Å². The maximum Gasteiger partial charge on any atom is 0.110 e.